The highest BCUT2D eigenvalue weighted by Crippen LogP contribution is 2.21. The minimum absolute atomic E-state index is 0.167. The van der Waals surface area contributed by atoms with Gasteiger partial charge in [0.1, 0.15) is 5.54 Å². The number of benzene rings is 1. The van der Waals surface area contributed by atoms with Crippen LogP contribution in [0.4, 0.5) is 0 Å². The lowest BCUT2D eigenvalue weighted by Crippen LogP contribution is -2.63. The first-order valence-corrected chi connectivity index (χ1v) is 6.58. The smallest absolute Gasteiger partial charge is 0.241 e. The molecule has 2 aliphatic heterocycles. The first-order valence-electron chi connectivity index (χ1n) is 6.58. The standard InChI is InChI=1S/C14H19N3O/c18-13-14(6-7-15-13)11-17(9-8-16-14)10-12-4-2-1-3-5-12/h1-5,16H,6-11H2,(H,15,18). The summed E-state index contributed by atoms with van der Waals surface area (Å²) < 4.78 is 0. The van der Waals surface area contributed by atoms with Crippen LogP contribution in [0.3, 0.4) is 0 Å². The molecule has 2 heterocycles. The highest BCUT2D eigenvalue weighted by atomic mass is 16.2. The molecular weight excluding hydrogens is 226 g/mol. The minimum Gasteiger partial charge on any atom is -0.354 e. The van der Waals surface area contributed by atoms with Gasteiger partial charge in [0.25, 0.3) is 0 Å². The lowest BCUT2D eigenvalue weighted by Gasteiger charge is -2.39. The monoisotopic (exact) mass is 245 g/mol. The molecule has 1 amide bonds. The normalized spacial score (nSPS) is 28.6. The van der Waals surface area contributed by atoms with Crippen molar-refractivity contribution in [3.63, 3.8) is 0 Å². The topological polar surface area (TPSA) is 44.4 Å². The predicted molar refractivity (Wildman–Crippen MR) is 70.1 cm³/mol. The maximum Gasteiger partial charge on any atom is 0.241 e. The van der Waals surface area contributed by atoms with Crippen LogP contribution in [0.15, 0.2) is 30.3 Å². The number of hydrogen-bond donors (Lipinski definition) is 2. The van der Waals surface area contributed by atoms with Gasteiger partial charge in [-0.05, 0) is 12.0 Å². The molecule has 0 aliphatic carbocycles. The van der Waals surface area contributed by atoms with Crippen LogP contribution in [0.1, 0.15) is 12.0 Å². The molecule has 2 N–H and O–H groups in total. The number of amides is 1. The van der Waals surface area contributed by atoms with Crippen LogP contribution < -0.4 is 10.6 Å². The Hall–Kier alpha value is -1.39. The van der Waals surface area contributed by atoms with Crippen molar-refractivity contribution in [2.45, 2.75) is 18.5 Å². The summed E-state index contributed by atoms with van der Waals surface area (Å²) in [5.41, 5.74) is 0.973. The second-order valence-corrected chi connectivity index (χ2v) is 5.21. The Kier molecular flexibility index (Phi) is 3.06. The number of carbonyl (C=O) groups excluding carboxylic acids is 1. The fourth-order valence-electron chi connectivity index (χ4n) is 2.94. The molecule has 0 bridgehead atoms. The van der Waals surface area contributed by atoms with Crippen LogP contribution in [0.2, 0.25) is 0 Å². The lowest BCUT2D eigenvalue weighted by atomic mass is 9.94. The van der Waals surface area contributed by atoms with Gasteiger partial charge in [0.05, 0.1) is 0 Å². The Morgan fingerprint density at radius 3 is 2.78 bits per heavy atom. The molecule has 2 fully saturated rings. The Bertz CT molecular complexity index is 434. The zero-order chi connectivity index (χ0) is 12.4. The third-order valence-corrected chi connectivity index (χ3v) is 3.91. The van der Waals surface area contributed by atoms with E-state index in [0.29, 0.717) is 0 Å². The number of nitrogens with one attached hydrogen (secondary N) is 2. The molecule has 1 unspecified atom stereocenters. The number of nitrogens with zero attached hydrogens (tertiary/aromatic N) is 1. The van der Waals surface area contributed by atoms with Crippen molar-refractivity contribution < 1.29 is 4.79 Å². The average molecular weight is 245 g/mol. The van der Waals surface area contributed by atoms with Crippen molar-refractivity contribution in [2.75, 3.05) is 26.2 Å². The van der Waals surface area contributed by atoms with E-state index in [0.717, 1.165) is 39.1 Å². The Morgan fingerprint density at radius 1 is 1.22 bits per heavy atom. The summed E-state index contributed by atoms with van der Waals surface area (Å²) in [6.45, 7) is 4.43. The Balaban J connectivity index is 1.69. The van der Waals surface area contributed by atoms with E-state index in [-0.39, 0.29) is 11.4 Å². The summed E-state index contributed by atoms with van der Waals surface area (Å²) >= 11 is 0. The predicted octanol–water partition coefficient (Wildman–Crippen LogP) is 0.350. The first kappa shape index (κ1) is 11.7. The molecule has 0 radical (unpaired) electrons. The molecular formula is C14H19N3O. The van der Waals surface area contributed by atoms with E-state index in [4.69, 9.17) is 0 Å². The minimum atomic E-state index is -0.340. The van der Waals surface area contributed by atoms with Crippen molar-refractivity contribution in [3.8, 4) is 0 Å². The van der Waals surface area contributed by atoms with E-state index in [1.807, 2.05) is 6.07 Å². The molecule has 1 atom stereocenters. The van der Waals surface area contributed by atoms with Crippen LogP contribution in [0, 0.1) is 0 Å². The maximum absolute atomic E-state index is 11.9. The van der Waals surface area contributed by atoms with Gasteiger partial charge in [-0.15, -0.1) is 0 Å². The summed E-state index contributed by atoms with van der Waals surface area (Å²) in [4.78, 5) is 14.3. The number of piperazine rings is 1. The van der Waals surface area contributed by atoms with Gasteiger partial charge in [0.15, 0.2) is 0 Å². The van der Waals surface area contributed by atoms with Crippen molar-refractivity contribution in [1.82, 2.24) is 15.5 Å². The number of hydrogen-bond acceptors (Lipinski definition) is 3. The van der Waals surface area contributed by atoms with Gasteiger partial charge in [0.2, 0.25) is 5.91 Å². The molecule has 0 aromatic heterocycles. The quantitative estimate of drug-likeness (QED) is 0.790. The van der Waals surface area contributed by atoms with E-state index >= 15 is 0 Å². The van der Waals surface area contributed by atoms with Crippen molar-refractivity contribution >= 4 is 5.91 Å². The summed E-state index contributed by atoms with van der Waals surface area (Å²) in [5.74, 6) is 0.167. The second-order valence-electron chi connectivity index (χ2n) is 5.21. The Labute approximate surface area is 107 Å². The summed E-state index contributed by atoms with van der Waals surface area (Å²) in [6, 6.07) is 10.4. The van der Waals surface area contributed by atoms with E-state index in [9.17, 15) is 4.79 Å². The fraction of sp³-hybridized carbons (Fsp3) is 0.500. The van der Waals surface area contributed by atoms with E-state index in [2.05, 4.69) is 39.8 Å². The molecule has 0 saturated carbocycles. The zero-order valence-electron chi connectivity index (χ0n) is 10.5. The summed E-state index contributed by atoms with van der Waals surface area (Å²) in [7, 11) is 0. The molecule has 1 aromatic rings. The van der Waals surface area contributed by atoms with E-state index < -0.39 is 0 Å². The molecule has 4 nitrogen and oxygen atoms in total. The van der Waals surface area contributed by atoms with Crippen molar-refractivity contribution in [2.24, 2.45) is 0 Å². The van der Waals surface area contributed by atoms with Crippen LogP contribution in [0.25, 0.3) is 0 Å². The third kappa shape index (κ3) is 2.13. The second kappa shape index (κ2) is 4.71. The molecule has 1 spiro atoms. The zero-order valence-corrected chi connectivity index (χ0v) is 10.5. The highest BCUT2D eigenvalue weighted by Gasteiger charge is 2.44. The molecule has 96 valence electrons. The van der Waals surface area contributed by atoms with Gasteiger partial charge in [-0.2, -0.15) is 0 Å². The SMILES string of the molecule is O=C1NCCC12CN(Cc1ccccc1)CCN2. The molecule has 4 heteroatoms. The maximum atomic E-state index is 11.9. The third-order valence-electron chi connectivity index (χ3n) is 3.91. The Morgan fingerprint density at radius 2 is 2.06 bits per heavy atom. The van der Waals surface area contributed by atoms with Gasteiger partial charge in [-0.25, -0.2) is 0 Å². The van der Waals surface area contributed by atoms with Gasteiger partial charge >= 0.3 is 0 Å². The molecule has 18 heavy (non-hydrogen) atoms. The van der Waals surface area contributed by atoms with Gasteiger partial charge in [-0.1, -0.05) is 30.3 Å². The van der Waals surface area contributed by atoms with Crippen LogP contribution in [-0.2, 0) is 11.3 Å². The largest absolute Gasteiger partial charge is 0.354 e. The van der Waals surface area contributed by atoms with Gasteiger partial charge in [-0.3, -0.25) is 9.69 Å². The fourth-order valence-corrected chi connectivity index (χ4v) is 2.94. The van der Waals surface area contributed by atoms with Gasteiger partial charge < -0.3 is 10.6 Å². The van der Waals surface area contributed by atoms with Crippen LogP contribution >= 0.6 is 0 Å². The lowest BCUT2D eigenvalue weighted by molar-refractivity contribution is -0.126. The van der Waals surface area contributed by atoms with E-state index in [1.54, 1.807) is 0 Å². The van der Waals surface area contributed by atoms with Crippen LogP contribution in [-0.4, -0.2) is 42.5 Å². The highest BCUT2D eigenvalue weighted by molar-refractivity contribution is 5.88. The summed E-state index contributed by atoms with van der Waals surface area (Å²) in [6.07, 6.45) is 0.900. The average Bonchev–Trinajstić information content (AvgIpc) is 2.72. The molecule has 1 aromatic carbocycles. The van der Waals surface area contributed by atoms with Crippen molar-refractivity contribution in [1.29, 1.82) is 0 Å². The number of rotatable bonds is 2. The summed E-state index contributed by atoms with van der Waals surface area (Å²) in [5, 5.41) is 6.34. The number of carbonyl (C=O) groups is 1. The molecule has 3 rings (SSSR count). The molecule has 2 aliphatic rings. The van der Waals surface area contributed by atoms with Crippen LogP contribution in [0.5, 0.6) is 0 Å². The van der Waals surface area contributed by atoms with Crippen molar-refractivity contribution in [3.05, 3.63) is 35.9 Å². The van der Waals surface area contributed by atoms with Gasteiger partial charge in [0, 0.05) is 32.7 Å². The molecule has 2 saturated heterocycles. The van der Waals surface area contributed by atoms with E-state index in [1.165, 1.54) is 5.56 Å². The first-order chi connectivity index (χ1) is 8.78.